The van der Waals surface area contributed by atoms with Crippen LogP contribution in [-0.2, 0) is 5.41 Å². The number of anilines is 1. The number of rotatable bonds is 10. The van der Waals surface area contributed by atoms with Crippen molar-refractivity contribution in [1.82, 2.24) is 4.90 Å². The van der Waals surface area contributed by atoms with Crippen LogP contribution in [0, 0.1) is 9.02 Å². The van der Waals surface area contributed by atoms with Gasteiger partial charge < -0.3 is 10.2 Å². The molecule has 0 aromatic heterocycles. The van der Waals surface area contributed by atoms with Crippen LogP contribution in [0.4, 0.5) is 5.69 Å². The van der Waals surface area contributed by atoms with Gasteiger partial charge in [0.1, 0.15) is 0 Å². The second kappa shape index (κ2) is 9.09. The Hall–Kier alpha value is -0.320. The topological polar surface area (TPSA) is 15.3 Å². The van der Waals surface area contributed by atoms with Crippen LogP contribution in [0.25, 0.3) is 0 Å². The Bertz CT molecular complexity index is 516. The maximum Gasteiger partial charge on any atom is 0.0796 e. The summed E-state index contributed by atoms with van der Waals surface area (Å²) in [5, 5.41) is 3.53. The number of nitrogens with one attached hydrogen (secondary N) is 1. The molecule has 0 heterocycles. The first-order valence-electron chi connectivity index (χ1n) is 8.62. The molecule has 1 N–H and O–H groups in total. The highest BCUT2D eigenvalue weighted by Crippen LogP contribution is 2.36. The fraction of sp³-hybridized carbons (Fsp3) is 0.778. The zero-order chi connectivity index (χ0) is 16.8. The Morgan fingerprint density at radius 2 is 1.50 bits per heavy atom. The van der Waals surface area contributed by atoms with Gasteiger partial charge in [-0.1, -0.05) is 59.1 Å². The summed E-state index contributed by atoms with van der Waals surface area (Å²) in [6.07, 6.45) is 4.90. The van der Waals surface area contributed by atoms with E-state index < -0.39 is 0 Å². The van der Waals surface area contributed by atoms with Crippen molar-refractivity contribution in [3.05, 3.63) is 14.6 Å². The first kappa shape index (κ1) is 19.7. The SMILES string of the molecule is CCCN(CCC)CCCCNc1c(C(C)(C)C)c(=S)c1=S. The molecule has 2 nitrogen and oxygen atoms in total. The maximum absolute atomic E-state index is 5.40. The van der Waals surface area contributed by atoms with Gasteiger partial charge in [0.25, 0.3) is 0 Å². The van der Waals surface area contributed by atoms with E-state index in [-0.39, 0.29) is 5.41 Å². The summed E-state index contributed by atoms with van der Waals surface area (Å²) in [7, 11) is 0. The minimum absolute atomic E-state index is 0.0841. The van der Waals surface area contributed by atoms with Crippen LogP contribution < -0.4 is 5.32 Å². The monoisotopic (exact) mass is 340 g/mol. The average molecular weight is 341 g/mol. The van der Waals surface area contributed by atoms with E-state index >= 15 is 0 Å². The third kappa shape index (κ3) is 5.39. The van der Waals surface area contributed by atoms with Crippen LogP contribution in [0.15, 0.2) is 0 Å². The van der Waals surface area contributed by atoms with E-state index in [1.807, 2.05) is 0 Å². The Balaban J connectivity index is 2.39. The van der Waals surface area contributed by atoms with Gasteiger partial charge in [-0.15, -0.1) is 0 Å². The standard InChI is InChI=1S/C18H32N2S2/c1-6-11-20(12-7-2)13-9-8-10-19-15-14(18(3,4)5)16(21)17(15)22/h19H,6-13H2,1-5H3. The van der Waals surface area contributed by atoms with Crippen molar-refractivity contribution in [3.8, 4) is 0 Å². The summed E-state index contributed by atoms with van der Waals surface area (Å²) in [6.45, 7) is 15.7. The minimum Gasteiger partial charge on any atom is -0.384 e. The summed E-state index contributed by atoms with van der Waals surface area (Å²) >= 11 is 10.8. The molecule has 0 aliphatic rings. The lowest BCUT2D eigenvalue weighted by Crippen LogP contribution is -2.27. The van der Waals surface area contributed by atoms with Crippen LogP contribution in [0.1, 0.15) is 65.9 Å². The lowest BCUT2D eigenvalue weighted by atomic mass is 9.83. The van der Waals surface area contributed by atoms with E-state index in [0.717, 1.165) is 21.3 Å². The van der Waals surface area contributed by atoms with E-state index in [0.29, 0.717) is 0 Å². The summed E-state index contributed by atoms with van der Waals surface area (Å²) in [6, 6.07) is 0. The van der Waals surface area contributed by atoms with Gasteiger partial charge in [0.05, 0.1) is 14.7 Å². The van der Waals surface area contributed by atoms with Crippen molar-refractivity contribution in [2.75, 3.05) is 31.5 Å². The predicted molar refractivity (Wildman–Crippen MR) is 104 cm³/mol. The van der Waals surface area contributed by atoms with Gasteiger partial charge in [0.2, 0.25) is 0 Å². The fourth-order valence-electron chi connectivity index (χ4n) is 2.92. The Morgan fingerprint density at radius 3 is 2.00 bits per heavy atom. The predicted octanol–water partition coefficient (Wildman–Crippen LogP) is 5.63. The Kier molecular flexibility index (Phi) is 8.15. The van der Waals surface area contributed by atoms with Crippen molar-refractivity contribution in [3.63, 3.8) is 0 Å². The molecule has 22 heavy (non-hydrogen) atoms. The third-order valence-electron chi connectivity index (χ3n) is 3.94. The molecule has 4 heteroatoms. The number of hydrogen-bond donors (Lipinski definition) is 1. The fourth-order valence-corrected chi connectivity index (χ4v) is 3.70. The molecule has 1 aromatic rings. The first-order chi connectivity index (χ1) is 10.3. The Labute approximate surface area is 147 Å². The second-order valence-corrected chi connectivity index (χ2v) is 7.95. The summed E-state index contributed by atoms with van der Waals surface area (Å²) in [4.78, 5) is 2.57. The average Bonchev–Trinajstić information content (AvgIpc) is 2.44. The minimum atomic E-state index is 0.0841. The smallest absolute Gasteiger partial charge is 0.0796 e. The molecule has 0 radical (unpaired) electrons. The molecule has 1 aromatic carbocycles. The third-order valence-corrected chi connectivity index (χ3v) is 4.89. The van der Waals surface area contributed by atoms with E-state index in [2.05, 4.69) is 44.8 Å². The molecule has 0 atom stereocenters. The summed E-state index contributed by atoms with van der Waals surface area (Å²) in [5.74, 6) is 0. The lowest BCUT2D eigenvalue weighted by Gasteiger charge is -2.27. The van der Waals surface area contributed by atoms with Crippen molar-refractivity contribution in [2.24, 2.45) is 0 Å². The number of nitrogens with zero attached hydrogens (tertiary/aromatic N) is 1. The van der Waals surface area contributed by atoms with Crippen molar-refractivity contribution in [1.29, 1.82) is 0 Å². The van der Waals surface area contributed by atoms with E-state index in [9.17, 15) is 0 Å². The molecule has 0 spiro atoms. The maximum atomic E-state index is 5.40. The van der Waals surface area contributed by atoms with Crippen LogP contribution in [0.2, 0.25) is 0 Å². The highest BCUT2D eigenvalue weighted by atomic mass is 32.1. The van der Waals surface area contributed by atoms with Crippen LogP contribution >= 0.6 is 24.4 Å². The first-order valence-corrected chi connectivity index (χ1v) is 9.44. The van der Waals surface area contributed by atoms with Gasteiger partial charge >= 0.3 is 0 Å². The largest absolute Gasteiger partial charge is 0.384 e. The molecule has 0 unspecified atom stereocenters. The zero-order valence-electron chi connectivity index (χ0n) is 14.9. The number of hydrogen-bond acceptors (Lipinski definition) is 4. The normalized spacial score (nSPS) is 12.3. The van der Waals surface area contributed by atoms with E-state index in [1.54, 1.807) is 0 Å². The van der Waals surface area contributed by atoms with Gasteiger partial charge in [0, 0.05) is 12.1 Å². The number of unbranched alkanes of at least 4 members (excludes halogenated alkanes) is 1. The highest BCUT2D eigenvalue weighted by Gasteiger charge is 2.25. The molecule has 0 aliphatic heterocycles. The molecule has 0 saturated heterocycles. The van der Waals surface area contributed by atoms with Gasteiger partial charge in [-0.05, 0) is 50.7 Å². The molecule has 0 aliphatic carbocycles. The van der Waals surface area contributed by atoms with Gasteiger partial charge in [-0.2, -0.15) is 0 Å². The Morgan fingerprint density at radius 1 is 0.909 bits per heavy atom. The van der Waals surface area contributed by atoms with Gasteiger partial charge in [0.15, 0.2) is 0 Å². The molecule has 126 valence electrons. The molecule has 0 bridgehead atoms. The van der Waals surface area contributed by atoms with Crippen LogP contribution in [0.5, 0.6) is 0 Å². The van der Waals surface area contributed by atoms with Crippen molar-refractivity contribution >= 4 is 30.1 Å². The highest BCUT2D eigenvalue weighted by molar-refractivity contribution is 7.74. The second-order valence-electron chi connectivity index (χ2n) is 7.13. The quantitative estimate of drug-likeness (QED) is 0.438. The summed E-state index contributed by atoms with van der Waals surface area (Å²) in [5.41, 5.74) is 2.46. The van der Waals surface area contributed by atoms with Crippen molar-refractivity contribution in [2.45, 2.75) is 65.7 Å². The van der Waals surface area contributed by atoms with E-state index in [4.69, 9.17) is 24.4 Å². The van der Waals surface area contributed by atoms with Crippen LogP contribution in [-0.4, -0.2) is 31.1 Å². The molecular formula is C18H32N2S2. The van der Waals surface area contributed by atoms with Gasteiger partial charge in [-0.3, -0.25) is 0 Å². The zero-order valence-corrected chi connectivity index (χ0v) is 16.6. The van der Waals surface area contributed by atoms with Gasteiger partial charge in [-0.25, -0.2) is 0 Å². The lowest BCUT2D eigenvalue weighted by molar-refractivity contribution is 0.270. The molecule has 0 fully saturated rings. The molecule has 0 amide bonds. The molecule has 0 saturated carbocycles. The summed E-state index contributed by atoms with van der Waals surface area (Å²) < 4.78 is 1.75. The van der Waals surface area contributed by atoms with Crippen LogP contribution in [0.3, 0.4) is 0 Å². The molecular weight excluding hydrogens is 308 g/mol. The molecule has 1 rings (SSSR count). The van der Waals surface area contributed by atoms with E-state index in [1.165, 1.54) is 50.9 Å². The van der Waals surface area contributed by atoms with Crippen molar-refractivity contribution < 1.29 is 0 Å².